The van der Waals surface area contributed by atoms with E-state index in [1.165, 1.54) is 43.6 Å². The SMILES string of the molecule is CCC(C)C(N)C1CCOC2(CCSCC2)C1. The monoisotopic (exact) mass is 257 g/mol. The first kappa shape index (κ1) is 13.7. The summed E-state index contributed by atoms with van der Waals surface area (Å²) in [4.78, 5) is 0. The number of hydrogen-bond donors (Lipinski definition) is 1. The summed E-state index contributed by atoms with van der Waals surface area (Å²) in [5.41, 5.74) is 6.63. The largest absolute Gasteiger partial charge is 0.375 e. The zero-order chi connectivity index (χ0) is 12.3. The van der Waals surface area contributed by atoms with Gasteiger partial charge in [-0.15, -0.1) is 0 Å². The quantitative estimate of drug-likeness (QED) is 0.844. The van der Waals surface area contributed by atoms with Gasteiger partial charge in [-0.05, 0) is 49.0 Å². The molecule has 3 atom stereocenters. The number of hydrogen-bond acceptors (Lipinski definition) is 3. The Morgan fingerprint density at radius 3 is 2.76 bits per heavy atom. The molecule has 2 heterocycles. The second kappa shape index (κ2) is 5.94. The molecule has 1 spiro atoms. The average molecular weight is 257 g/mol. The van der Waals surface area contributed by atoms with Crippen LogP contribution in [0.4, 0.5) is 0 Å². The van der Waals surface area contributed by atoms with Crippen molar-refractivity contribution in [1.29, 1.82) is 0 Å². The van der Waals surface area contributed by atoms with Gasteiger partial charge in [-0.3, -0.25) is 0 Å². The van der Waals surface area contributed by atoms with Crippen LogP contribution in [0, 0.1) is 11.8 Å². The number of ether oxygens (including phenoxy) is 1. The van der Waals surface area contributed by atoms with Gasteiger partial charge in [0.15, 0.2) is 0 Å². The molecule has 2 nitrogen and oxygen atoms in total. The molecule has 0 aromatic rings. The van der Waals surface area contributed by atoms with Gasteiger partial charge in [0.25, 0.3) is 0 Å². The van der Waals surface area contributed by atoms with Gasteiger partial charge in [-0.2, -0.15) is 11.8 Å². The van der Waals surface area contributed by atoms with Crippen LogP contribution >= 0.6 is 11.8 Å². The van der Waals surface area contributed by atoms with Crippen molar-refractivity contribution in [3.05, 3.63) is 0 Å². The highest BCUT2D eigenvalue weighted by Gasteiger charge is 2.40. The lowest BCUT2D eigenvalue weighted by Crippen LogP contribution is -2.48. The van der Waals surface area contributed by atoms with E-state index in [4.69, 9.17) is 10.5 Å². The molecule has 2 fully saturated rings. The lowest BCUT2D eigenvalue weighted by atomic mass is 9.75. The molecular weight excluding hydrogens is 230 g/mol. The Hall–Kier alpha value is 0.270. The lowest BCUT2D eigenvalue weighted by molar-refractivity contribution is -0.107. The van der Waals surface area contributed by atoms with E-state index in [0.29, 0.717) is 17.9 Å². The molecule has 0 amide bonds. The van der Waals surface area contributed by atoms with E-state index in [-0.39, 0.29) is 5.60 Å². The van der Waals surface area contributed by atoms with Crippen molar-refractivity contribution in [2.24, 2.45) is 17.6 Å². The van der Waals surface area contributed by atoms with Crippen LogP contribution in [0.3, 0.4) is 0 Å². The molecule has 0 bridgehead atoms. The van der Waals surface area contributed by atoms with Crippen LogP contribution in [0.15, 0.2) is 0 Å². The predicted octanol–water partition coefficient (Wildman–Crippen LogP) is 3.05. The second-order valence-electron chi connectivity index (χ2n) is 5.86. The Kier molecular flexibility index (Phi) is 4.79. The van der Waals surface area contributed by atoms with Gasteiger partial charge in [-0.1, -0.05) is 20.3 Å². The van der Waals surface area contributed by atoms with E-state index in [0.717, 1.165) is 6.61 Å². The summed E-state index contributed by atoms with van der Waals surface area (Å²) in [6.45, 7) is 5.47. The minimum Gasteiger partial charge on any atom is -0.375 e. The van der Waals surface area contributed by atoms with Crippen molar-refractivity contribution in [3.63, 3.8) is 0 Å². The maximum absolute atomic E-state index is 6.43. The van der Waals surface area contributed by atoms with Crippen LogP contribution in [0.2, 0.25) is 0 Å². The minimum atomic E-state index is 0.194. The number of nitrogens with two attached hydrogens (primary N) is 1. The Labute approximate surface area is 110 Å². The fraction of sp³-hybridized carbons (Fsp3) is 1.00. The van der Waals surface area contributed by atoms with Gasteiger partial charge in [0, 0.05) is 12.6 Å². The summed E-state index contributed by atoms with van der Waals surface area (Å²) >= 11 is 2.07. The van der Waals surface area contributed by atoms with Crippen LogP contribution in [0.5, 0.6) is 0 Å². The molecule has 2 aliphatic rings. The second-order valence-corrected chi connectivity index (χ2v) is 7.08. The van der Waals surface area contributed by atoms with Crippen LogP contribution in [0.25, 0.3) is 0 Å². The summed E-state index contributed by atoms with van der Waals surface area (Å²) in [7, 11) is 0. The summed E-state index contributed by atoms with van der Waals surface area (Å²) < 4.78 is 6.13. The summed E-state index contributed by atoms with van der Waals surface area (Å²) in [5.74, 6) is 3.87. The number of thioether (sulfide) groups is 1. The van der Waals surface area contributed by atoms with Crippen molar-refractivity contribution in [1.82, 2.24) is 0 Å². The molecule has 0 aromatic heterocycles. The summed E-state index contributed by atoms with van der Waals surface area (Å²) in [5, 5.41) is 0. The topological polar surface area (TPSA) is 35.2 Å². The Morgan fingerprint density at radius 1 is 1.41 bits per heavy atom. The third kappa shape index (κ3) is 3.18. The lowest BCUT2D eigenvalue weighted by Gasteiger charge is -2.45. The van der Waals surface area contributed by atoms with E-state index in [1.807, 2.05) is 0 Å². The molecule has 17 heavy (non-hydrogen) atoms. The molecule has 0 radical (unpaired) electrons. The zero-order valence-corrected chi connectivity index (χ0v) is 12.1. The Morgan fingerprint density at radius 2 is 2.12 bits per heavy atom. The van der Waals surface area contributed by atoms with Gasteiger partial charge in [0.2, 0.25) is 0 Å². The van der Waals surface area contributed by atoms with Crippen LogP contribution in [0.1, 0.15) is 46.0 Å². The molecule has 2 saturated heterocycles. The van der Waals surface area contributed by atoms with Crippen molar-refractivity contribution >= 4 is 11.8 Å². The first-order chi connectivity index (χ1) is 8.17. The molecule has 0 aliphatic carbocycles. The van der Waals surface area contributed by atoms with Crippen LogP contribution < -0.4 is 5.73 Å². The normalized spacial score (nSPS) is 32.3. The van der Waals surface area contributed by atoms with E-state index >= 15 is 0 Å². The average Bonchev–Trinajstić information content (AvgIpc) is 2.38. The fourth-order valence-electron chi connectivity index (χ4n) is 3.22. The highest BCUT2D eigenvalue weighted by molar-refractivity contribution is 7.99. The third-order valence-electron chi connectivity index (χ3n) is 4.78. The Bertz CT molecular complexity index is 235. The molecule has 3 unspecified atom stereocenters. The molecule has 2 aliphatic heterocycles. The van der Waals surface area contributed by atoms with E-state index in [2.05, 4.69) is 25.6 Å². The maximum atomic E-state index is 6.43. The first-order valence-electron chi connectivity index (χ1n) is 7.14. The van der Waals surface area contributed by atoms with Crippen LogP contribution in [-0.4, -0.2) is 29.8 Å². The van der Waals surface area contributed by atoms with Gasteiger partial charge in [-0.25, -0.2) is 0 Å². The van der Waals surface area contributed by atoms with Crippen molar-refractivity contribution < 1.29 is 4.74 Å². The van der Waals surface area contributed by atoms with E-state index in [9.17, 15) is 0 Å². The highest BCUT2D eigenvalue weighted by Crippen LogP contribution is 2.41. The first-order valence-corrected chi connectivity index (χ1v) is 8.29. The van der Waals surface area contributed by atoms with Gasteiger partial charge in [0.1, 0.15) is 0 Å². The molecule has 3 heteroatoms. The summed E-state index contributed by atoms with van der Waals surface area (Å²) in [6.07, 6.45) is 6.05. The summed E-state index contributed by atoms with van der Waals surface area (Å²) in [6, 6.07) is 0.371. The zero-order valence-electron chi connectivity index (χ0n) is 11.3. The third-order valence-corrected chi connectivity index (χ3v) is 5.77. The highest BCUT2D eigenvalue weighted by atomic mass is 32.2. The van der Waals surface area contributed by atoms with E-state index in [1.54, 1.807) is 0 Å². The van der Waals surface area contributed by atoms with Crippen LogP contribution in [-0.2, 0) is 4.74 Å². The molecule has 0 saturated carbocycles. The van der Waals surface area contributed by atoms with Gasteiger partial charge in [0.05, 0.1) is 5.60 Å². The van der Waals surface area contributed by atoms with Gasteiger partial charge >= 0.3 is 0 Å². The smallest absolute Gasteiger partial charge is 0.0701 e. The van der Waals surface area contributed by atoms with Crippen molar-refractivity contribution in [2.45, 2.75) is 57.6 Å². The minimum absolute atomic E-state index is 0.194. The molecule has 2 rings (SSSR count). The number of rotatable bonds is 3. The van der Waals surface area contributed by atoms with Crippen molar-refractivity contribution in [2.75, 3.05) is 18.1 Å². The maximum Gasteiger partial charge on any atom is 0.0701 e. The van der Waals surface area contributed by atoms with E-state index < -0.39 is 0 Å². The van der Waals surface area contributed by atoms with Crippen molar-refractivity contribution in [3.8, 4) is 0 Å². The predicted molar refractivity (Wildman–Crippen MR) is 75.4 cm³/mol. The standard InChI is InChI=1S/C14H27NOS/c1-3-11(2)13(15)12-4-7-16-14(10-12)5-8-17-9-6-14/h11-13H,3-10,15H2,1-2H3. The van der Waals surface area contributed by atoms with Gasteiger partial charge < -0.3 is 10.5 Å². The fourth-order valence-corrected chi connectivity index (χ4v) is 4.46. The molecular formula is C14H27NOS. The molecule has 100 valence electrons. The molecule has 0 aromatic carbocycles. The Balaban J connectivity index is 1.96. The molecule has 2 N–H and O–H groups in total.